The Morgan fingerprint density at radius 3 is 2.40 bits per heavy atom. The molecule has 3 N–H and O–H groups in total. The van der Waals surface area contributed by atoms with Crippen molar-refractivity contribution in [1.29, 1.82) is 0 Å². The number of hydrogen-bond acceptors (Lipinski definition) is 6. The summed E-state index contributed by atoms with van der Waals surface area (Å²) in [5.41, 5.74) is 0. The van der Waals surface area contributed by atoms with Gasteiger partial charge in [-0.25, -0.2) is 20.3 Å². The van der Waals surface area contributed by atoms with Crippen LogP contribution in [0, 0.1) is 0 Å². The third kappa shape index (κ3) is 3.72. The highest BCUT2D eigenvalue weighted by atomic mass is 17.2. The molecule has 0 bridgehead atoms. The lowest BCUT2D eigenvalue weighted by Gasteiger charge is -2.11. The predicted molar refractivity (Wildman–Crippen MR) is 49.4 cm³/mol. The van der Waals surface area contributed by atoms with E-state index in [0.29, 0.717) is 5.75 Å². The number of rotatable bonds is 6. The minimum atomic E-state index is -1.16. The van der Waals surface area contributed by atoms with Gasteiger partial charge in [0.25, 0.3) is 0 Å². The third-order valence-corrected chi connectivity index (χ3v) is 1.71. The van der Waals surface area contributed by atoms with Gasteiger partial charge in [-0.3, -0.25) is 0 Å². The second-order valence-corrected chi connectivity index (χ2v) is 2.75. The van der Waals surface area contributed by atoms with Crippen molar-refractivity contribution in [2.45, 2.75) is 12.7 Å². The number of benzene rings is 1. The first-order valence-electron chi connectivity index (χ1n) is 4.29. The van der Waals surface area contributed by atoms with Crippen LogP contribution in [-0.4, -0.2) is 28.5 Å². The summed E-state index contributed by atoms with van der Waals surface area (Å²) in [6, 6.07) is 6.44. The SMILES string of the molecule is OOC(CCOc1ccccc1O)OO. The molecule has 0 saturated heterocycles. The predicted octanol–water partition coefficient (Wildman–Crippen LogP) is 1.47. The summed E-state index contributed by atoms with van der Waals surface area (Å²) in [7, 11) is 0. The van der Waals surface area contributed by atoms with Crippen molar-refractivity contribution in [2.24, 2.45) is 0 Å². The summed E-state index contributed by atoms with van der Waals surface area (Å²) in [6.45, 7) is 0.114. The van der Waals surface area contributed by atoms with E-state index in [1.807, 2.05) is 0 Å². The van der Waals surface area contributed by atoms with Crippen molar-refractivity contribution in [3.63, 3.8) is 0 Å². The Kier molecular flexibility index (Phi) is 4.85. The molecule has 1 aromatic carbocycles. The molecule has 0 unspecified atom stereocenters. The Bertz CT molecular complexity index is 286. The van der Waals surface area contributed by atoms with Gasteiger partial charge in [0.05, 0.1) is 6.61 Å². The van der Waals surface area contributed by atoms with Crippen LogP contribution in [0.3, 0.4) is 0 Å². The summed E-state index contributed by atoms with van der Waals surface area (Å²) < 4.78 is 5.14. The minimum absolute atomic E-state index is 0.0175. The molecule has 0 amide bonds. The Morgan fingerprint density at radius 2 is 1.80 bits per heavy atom. The smallest absolute Gasteiger partial charge is 0.227 e. The Balaban J connectivity index is 2.34. The fraction of sp³-hybridized carbons (Fsp3) is 0.333. The maximum Gasteiger partial charge on any atom is 0.227 e. The molecular formula is C9H12O6. The maximum absolute atomic E-state index is 9.30. The van der Waals surface area contributed by atoms with Crippen LogP contribution in [0.1, 0.15) is 6.42 Å². The van der Waals surface area contributed by atoms with Crippen molar-refractivity contribution in [3.05, 3.63) is 24.3 Å². The first-order chi connectivity index (χ1) is 7.27. The molecular weight excluding hydrogens is 204 g/mol. The van der Waals surface area contributed by atoms with E-state index in [4.69, 9.17) is 15.3 Å². The number of para-hydroxylation sites is 2. The lowest BCUT2D eigenvalue weighted by atomic mass is 10.3. The van der Waals surface area contributed by atoms with Crippen LogP contribution in [0.25, 0.3) is 0 Å². The summed E-state index contributed by atoms with van der Waals surface area (Å²) >= 11 is 0. The molecule has 6 heteroatoms. The first kappa shape index (κ1) is 11.7. The van der Waals surface area contributed by atoms with Crippen LogP contribution >= 0.6 is 0 Å². The fourth-order valence-electron chi connectivity index (χ4n) is 0.969. The van der Waals surface area contributed by atoms with Crippen molar-refractivity contribution in [3.8, 4) is 11.5 Å². The quantitative estimate of drug-likeness (QED) is 0.379. The molecule has 0 saturated carbocycles. The highest BCUT2D eigenvalue weighted by Gasteiger charge is 2.09. The van der Waals surface area contributed by atoms with Gasteiger partial charge >= 0.3 is 0 Å². The first-order valence-corrected chi connectivity index (χ1v) is 4.29. The summed E-state index contributed by atoms with van der Waals surface area (Å²) in [4.78, 5) is 7.51. The molecule has 0 radical (unpaired) electrons. The van der Waals surface area contributed by atoms with Gasteiger partial charge in [0, 0.05) is 6.42 Å². The van der Waals surface area contributed by atoms with E-state index in [0.717, 1.165) is 0 Å². The molecule has 0 aliphatic heterocycles. The van der Waals surface area contributed by atoms with Crippen molar-refractivity contribution in [2.75, 3.05) is 6.61 Å². The second-order valence-electron chi connectivity index (χ2n) is 2.75. The molecule has 6 nitrogen and oxygen atoms in total. The molecule has 15 heavy (non-hydrogen) atoms. The van der Waals surface area contributed by atoms with Gasteiger partial charge in [-0.15, -0.1) is 0 Å². The normalized spacial score (nSPS) is 10.6. The molecule has 0 aromatic heterocycles. The average Bonchev–Trinajstić information content (AvgIpc) is 2.27. The summed E-state index contributed by atoms with van der Waals surface area (Å²) in [6.07, 6.45) is -1.04. The van der Waals surface area contributed by atoms with Crippen LogP contribution in [0.2, 0.25) is 0 Å². The Morgan fingerprint density at radius 1 is 1.13 bits per heavy atom. The lowest BCUT2D eigenvalue weighted by Crippen LogP contribution is -2.17. The van der Waals surface area contributed by atoms with Crippen molar-refractivity contribution in [1.82, 2.24) is 0 Å². The van der Waals surface area contributed by atoms with Gasteiger partial charge < -0.3 is 9.84 Å². The molecule has 0 aliphatic carbocycles. The Labute approximate surface area is 86.1 Å². The molecule has 1 rings (SSSR count). The van der Waals surface area contributed by atoms with Crippen LogP contribution in [0.4, 0.5) is 0 Å². The molecule has 0 heterocycles. The number of phenolic OH excluding ortho intramolecular Hbond substituents is 1. The standard InChI is InChI=1S/C9H12O6/c10-7-3-1-2-4-8(7)13-6-5-9(14-11)15-12/h1-4,9-12H,5-6H2. The molecule has 84 valence electrons. The van der Waals surface area contributed by atoms with Gasteiger partial charge in [0.15, 0.2) is 11.5 Å². The van der Waals surface area contributed by atoms with Crippen molar-refractivity contribution >= 4 is 0 Å². The van der Waals surface area contributed by atoms with Gasteiger partial charge in [-0.1, -0.05) is 12.1 Å². The van der Waals surface area contributed by atoms with E-state index in [2.05, 4.69) is 9.78 Å². The van der Waals surface area contributed by atoms with Gasteiger partial charge in [0.2, 0.25) is 6.29 Å². The van der Waals surface area contributed by atoms with E-state index in [1.165, 1.54) is 6.07 Å². The van der Waals surface area contributed by atoms with E-state index in [1.54, 1.807) is 18.2 Å². The van der Waals surface area contributed by atoms with Gasteiger partial charge in [-0.05, 0) is 12.1 Å². The van der Waals surface area contributed by atoms with Gasteiger partial charge in [-0.2, -0.15) is 0 Å². The number of aromatic hydroxyl groups is 1. The number of ether oxygens (including phenoxy) is 1. The zero-order valence-electron chi connectivity index (χ0n) is 7.87. The average molecular weight is 216 g/mol. The van der Waals surface area contributed by atoms with E-state index >= 15 is 0 Å². The zero-order chi connectivity index (χ0) is 11.1. The van der Waals surface area contributed by atoms with Crippen molar-refractivity contribution < 1.29 is 30.1 Å². The number of phenols is 1. The molecule has 1 aromatic rings. The fourth-order valence-corrected chi connectivity index (χ4v) is 0.969. The monoisotopic (exact) mass is 216 g/mol. The second kappa shape index (κ2) is 6.20. The number of hydrogen-bond donors (Lipinski definition) is 3. The largest absolute Gasteiger partial charge is 0.504 e. The summed E-state index contributed by atoms with van der Waals surface area (Å²) in [5.74, 6) is 0.330. The highest BCUT2D eigenvalue weighted by molar-refractivity contribution is 5.37. The topological polar surface area (TPSA) is 88.4 Å². The minimum Gasteiger partial charge on any atom is -0.504 e. The Hall–Kier alpha value is -1.34. The molecule has 0 aliphatic rings. The highest BCUT2D eigenvalue weighted by Crippen LogP contribution is 2.24. The third-order valence-electron chi connectivity index (χ3n) is 1.71. The van der Waals surface area contributed by atoms with E-state index in [9.17, 15) is 5.11 Å². The molecule has 0 fully saturated rings. The van der Waals surface area contributed by atoms with Crippen LogP contribution in [0.5, 0.6) is 11.5 Å². The van der Waals surface area contributed by atoms with Crippen LogP contribution < -0.4 is 4.74 Å². The van der Waals surface area contributed by atoms with Crippen LogP contribution in [-0.2, 0) is 9.78 Å². The molecule has 0 spiro atoms. The van der Waals surface area contributed by atoms with E-state index in [-0.39, 0.29) is 18.8 Å². The summed E-state index contributed by atoms with van der Waals surface area (Å²) in [5, 5.41) is 25.7. The zero-order valence-corrected chi connectivity index (χ0v) is 7.87. The van der Waals surface area contributed by atoms with E-state index < -0.39 is 6.29 Å². The lowest BCUT2D eigenvalue weighted by molar-refractivity contribution is -0.432. The molecule has 0 atom stereocenters. The van der Waals surface area contributed by atoms with Crippen LogP contribution in [0.15, 0.2) is 24.3 Å². The maximum atomic E-state index is 9.30. The van der Waals surface area contributed by atoms with Gasteiger partial charge in [0.1, 0.15) is 0 Å².